The molecule has 1 aromatic rings. The highest BCUT2D eigenvalue weighted by Gasteiger charge is 2.40. The zero-order valence-corrected chi connectivity index (χ0v) is 16.3. The van der Waals surface area contributed by atoms with Crippen LogP contribution in [0.15, 0.2) is 29.8 Å². The molecule has 0 saturated carbocycles. The summed E-state index contributed by atoms with van der Waals surface area (Å²) in [5.41, 5.74) is 1.34. The molecule has 1 aromatic carbocycles. The van der Waals surface area contributed by atoms with Gasteiger partial charge in [-0.15, -0.1) is 0 Å². The number of nitriles is 1. The van der Waals surface area contributed by atoms with E-state index in [1.807, 2.05) is 18.2 Å². The van der Waals surface area contributed by atoms with Crippen molar-refractivity contribution in [2.45, 2.75) is 57.8 Å². The van der Waals surface area contributed by atoms with Gasteiger partial charge in [-0.3, -0.25) is 4.79 Å². The summed E-state index contributed by atoms with van der Waals surface area (Å²) < 4.78 is 10.8. The van der Waals surface area contributed by atoms with Crippen LogP contribution in [0.2, 0.25) is 0 Å². The van der Waals surface area contributed by atoms with Crippen LogP contribution in [-0.4, -0.2) is 20.0 Å². The Labute approximate surface area is 156 Å². The first-order chi connectivity index (χ1) is 12.5. The van der Waals surface area contributed by atoms with Gasteiger partial charge < -0.3 is 9.47 Å². The Morgan fingerprint density at radius 2 is 2.00 bits per heavy atom. The van der Waals surface area contributed by atoms with Crippen molar-refractivity contribution in [1.29, 1.82) is 5.26 Å². The molecule has 1 aliphatic carbocycles. The third-order valence-electron chi connectivity index (χ3n) is 5.48. The zero-order valence-electron chi connectivity index (χ0n) is 16.3. The van der Waals surface area contributed by atoms with E-state index in [9.17, 15) is 10.1 Å². The maximum atomic E-state index is 13.4. The molecule has 26 heavy (non-hydrogen) atoms. The van der Waals surface area contributed by atoms with Crippen LogP contribution < -0.4 is 9.47 Å². The van der Waals surface area contributed by atoms with Crippen molar-refractivity contribution in [1.82, 2.24) is 0 Å². The zero-order chi connectivity index (χ0) is 19.2. The van der Waals surface area contributed by atoms with Gasteiger partial charge >= 0.3 is 0 Å². The number of carbonyl (C=O) groups excluding carboxylic acids is 1. The molecule has 140 valence electrons. The highest BCUT2D eigenvalue weighted by molar-refractivity contribution is 5.91. The number of hydrogen-bond donors (Lipinski definition) is 0. The molecule has 2 atom stereocenters. The molecule has 2 rings (SSSR count). The molecule has 0 radical (unpaired) electrons. The summed E-state index contributed by atoms with van der Waals surface area (Å²) in [5.74, 6) is 1.68. The van der Waals surface area contributed by atoms with Gasteiger partial charge in [-0.25, -0.2) is 0 Å². The minimum absolute atomic E-state index is 0.161. The van der Waals surface area contributed by atoms with Crippen LogP contribution in [0.4, 0.5) is 0 Å². The van der Waals surface area contributed by atoms with E-state index in [-0.39, 0.29) is 12.2 Å². The first kappa shape index (κ1) is 20.0. The number of nitrogens with zero attached hydrogens (tertiary/aromatic N) is 1. The van der Waals surface area contributed by atoms with Gasteiger partial charge in [-0.1, -0.05) is 24.6 Å². The minimum atomic E-state index is -0.797. The van der Waals surface area contributed by atoms with Crippen LogP contribution >= 0.6 is 0 Å². The maximum absolute atomic E-state index is 13.4. The Balaban J connectivity index is 2.56. The lowest BCUT2D eigenvalue weighted by Gasteiger charge is -2.33. The van der Waals surface area contributed by atoms with Crippen LogP contribution in [0, 0.1) is 17.2 Å². The van der Waals surface area contributed by atoms with Gasteiger partial charge in [0, 0.05) is 6.42 Å². The van der Waals surface area contributed by atoms with E-state index in [0.29, 0.717) is 30.3 Å². The Hall–Kier alpha value is -2.28. The molecule has 1 aliphatic rings. The van der Waals surface area contributed by atoms with E-state index in [1.54, 1.807) is 14.2 Å². The molecule has 0 amide bonds. The van der Waals surface area contributed by atoms with Gasteiger partial charge in [0.05, 0.1) is 32.1 Å². The Morgan fingerprint density at radius 1 is 1.27 bits per heavy atom. The van der Waals surface area contributed by atoms with E-state index >= 15 is 0 Å². The van der Waals surface area contributed by atoms with E-state index in [1.165, 1.54) is 5.57 Å². The first-order valence-electron chi connectivity index (χ1n) is 9.25. The lowest BCUT2D eigenvalue weighted by Crippen LogP contribution is -2.37. The van der Waals surface area contributed by atoms with Gasteiger partial charge in [0.2, 0.25) is 0 Å². The van der Waals surface area contributed by atoms with E-state index < -0.39 is 5.41 Å². The average molecular weight is 355 g/mol. The number of ketones is 1. The number of Topliss-reactive ketones (excluding diaryl/α,β-unsaturated/α-hetero) is 1. The van der Waals surface area contributed by atoms with Crippen LogP contribution in [0.3, 0.4) is 0 Å². The van der Waals surface area contributed by atoms with Crippen LogP contribution in [0.5, 0.6) is 11.5 Å². The second-order valence-corrected chi connectivity index (χ2v) is 7.35. The quantitative estimate of drug-likeness (QED) is 0.715. The van der Waals surface area contributed by atoms with Gasteiger partial charge in [-0.2, -0.15) is 5.26 Å². The molecule has 0 heterocycles. The molecule has 0 saturated heterocycles. The number of hydrogen-bond acceptors (Lipinski definition) is 4. The highest BCUT2D eigenvalue weighted by atomic mass is 16.5. The third kappa shape index (κ3) is 4.27. The van der Waals surface area contributed by atoms with Crippen molar-refractivity contribution in [2.75, 3.05) is 14.2 Å². The molecule has 0 spiro atoms. The summed E-state index contributed by atoms with van der Waals surface area (Å²) in [4.78, 5) is 13.4. The fraction of sp³-hybridized carbons (Fsp3) is 0.545. The monoisotopic (exact) mass is 355 g/mol. The molecule has 0 bridgehead atoms. The predicted molar refractivity (Wildman–Crippen MR) is 102 cm³/mol. The summed E-state index contributed by atoms with van der Waals surface area (Å²) >= 11 is 0. The molecular formula is C22H29NO3. The van der Waals surface area contributed by atoms with Crippen molar-refractivity contribution < 1.29 is 14.3 Å². The maximum Gasteiger partial charge on any atom is 0.161 e. The van der Waals surface area contributed by atoms with Crippen molar-refractivity contribution in [3.8, 4) is 17.6 Å². The molecule has 0 aliphatic heterocycles. The van der Waals surface area contributed by atoms with Crippen LogP contribution in [0.1, 0.15) is 57.9 Å². The smallest absolute Gasteiger partial charge is 0.161 e. The van der Waals surface area contributed by atoms with Crippen molar-refractivity contribution in [3.05, 3.63) is 35.4 Å². The molecule has 0 unspecified atom stereocenters. The van der Waals surface area contributed by atoms with Crippen LogP contribution in [-0.2, 0) is 10.2 Å². The fourth-order valence-electron chi connectivity index (χ4n) is 3.74. The highest BCUT2D eigenvalue weighted by Crippen LogP contribution is 2.41. The number of methoxy groups -OCH3 is 2. The summed E-state index contributed by atoms with van der Waals surface area (Å²) in [6.45, 7) is 4.23. The second kappa shape index (κ2) is 8.89. The fourth-order valence-corrected chi connectivity index (χ4v) is 3.74. The summed E-state index contributed by atoms with van der Waals surface area (Å²) in [5, 5.41) is 9.54. The Morgan fingerprint density at radius 3 is 2.65 bits per heavy atom. The topological polar surface area (TPSA) is 59.3 Å². The van der Waals surface area contributed by atoms with E-state index in [2.05, 4.69) is 26.0 Å². The molecule has 4 nitrogen and oxygen atoms in total. The van der Waals surface area contributed by atoms with Gasteiger partial charge in [0.15, 0.2) is 11.5 Å². The Kier molecular flexibility index (Phi) is 6.85. The van der Waals surface area contributed by atoms with Gasteiger partial charge in [0.25, 0.3) is 0 Å². The standard InChI is InChI=1S/C22H29NO3/c1-16-6-5-7-17(2)14-21(24)22(11-10-16,12-13-23)18-8-9-19(25-3)20(15-18)26-4/h6,8-9,15,17H,5,7,10-12,14H2,1-4H3/b16-6+/t17-,22-/m0/s1. The number of carbonyl (C=O) groups is 1. The third-order valence-corrected chi connectivity index (χ3v) is 5.48. The molecular weight excluding hydrogens is 326 g/mol. The number of rotatable bonds is 4. The average Bonchev–Trinajstić information content (AvgIpc) is 2.63. The van der Waals surface area contributed by atoms with Crippen LogP contribution in [0.25, 0.3) is 0 Å². The van der Waals surface area contributed by atoms with E-state index in [0.717, 1.165) is 24.8 Å². The largest absolute Gasteiger partial charge is 0.493 e. The number of benzene rings is 1. The molecule has 4 heteroatoms. The van der Waals surface area contributed by atoms with Crippen molar-refractivity contribution in [2.24, 2.45) is 5.92 Å². The van der Waals surface area contributed by atoms with Crippen molar-refractivity contribution in [3.63, 3.8) is 0 Å². The first-order valence-corrected chi connectivity index (χ1v) is 9.25. The van der Waals surface area contributed by atoms with E-state index in [4.69, 9.17) is 9.47 Å². The predicted octanol–water partition coefficient (Wildman–Crippen LogP) is 4.97. The minimum Gasteiger partial charge on any atom is -0.493 e. The van der Waals surface area contributed by atoms with Gasteiger partial charge in [0.1, 0.15) is 5.78 Å². The molecule has 0 N–H and O–H groups in total. The summed E-state index contributed by atoms with van der Waals surface area (Å²) in [6, 6.07) is 7.87. The lowest BCUT2D eigenvalue weighted by atomic mass is 9.68. The lowest BCUT2D eigenvalue weighted by molar-refractivity contribution is -0.125. The van der Waals surface area contributed by atoms with Gasteiger partial charge in [-0.05, 0) is 56.2 Å². The Bertz CT molecular complexity index is 717. The van der Waals surface area contributed by atoms with Crippen molar-refractivity contribution >= 4 is 5.78 Å². The number of allylic oxidation sites excluding steroid dienone is 2. The summed E-state index contributed by atoms with van der Waals surface area (Å²) in [7, 11) is 3.18. The SMILES string of the molecule is COc1ccc([C@@]2(CC#N)CC/C(C)=C/CC[C@H](C)CC2=O)cc1OC. The summed E-state index contributed by atoms with van der Waals surface area (Å²) in [6.07, 6.45) is 6.43. The molecule has 0 fully saturated rings. The molecule has 0 aromatic heterocycles. The second-order valence-electron chi connectivity index (χ2n) is 7.35. The normalized spacial score (nSPS) is 26.3. The number of ether oxygens (including phenoxy) is 2.